The zero-order valence-corrected chi connectivity index (χ0v) is 24.5. The summed E-state index contributed by atoms with van der Waals surface area (Å²) in [5.41, 5.74) is 5.48. The van der Waals surface area contributed by atoms with Gasteiger partial charge in [0.05, 0.1) is 5.69 Å². The molecule has 2 aromatic heterocycles. The summed E-state index contributed by atoms with van der Waals surface area (Å²) in [6.45, 7) is 5.73. The van der Waals surface area contributed by atoms with Crippen LogP contribution in [0.3, 0.4) is 0 Å². The molecule has 3 N–H and O–H groups in total. The number of carbonyl (C=O) groups is 2. The lowest BCUT2D eigenvalue weighted by atomic mass is 10.1. The second-order valence-corrected chi connectivity index (χ2v) is 11.3. The molecule has 0 aliphatic heterocycles. The molecule has 0 spiro atoms. The molecular weight excluding hydrogens is 554 g/mol. The third-order valence-electron chi connectivity index (χ3n) is 6.81. The summed E-state index contributed by atoms with van der Waals surface area (Å²) in [7, 11) is 0. The van der Waals surface area contributed by atoms with E-state index in [1.807, 2.05) is 87.5 Å². The van der Waals surface area contributed by atoms with Gasteiger partial charge < -0.3 is 25.1 Å². The number of alkyl carbamates (subject to hydrolysis) is 1. The smallest absolute Gasteiger partial charge is 0.407 e. The molecule has 2 heterocycles. The van der Waals surface area contributed by atoms with E-state index in [0.29, 0.717) is 23.6 Å². The molecule has 220 valence electrons. The van der Waals surface area contributed by atoms with E-state index in [1.54, 1.807) is 24.3 Å². The molecule has 4 aromatic carbocycles. The van der Waals surface area contributed by atoms with Gasteiger partial charge in [0.1, 0.15) is 28.9 Å². The molecule has 0 radical (unpaired) electrons. The van der Waals surface area contributed by atoms with Gasteiger partial charge in [0.15, 0.2) is 0 Å². The summed E-state index contributed by atoms with van der Waals surface area (Å²) < 4.78 is 11.4. The van der Waals surface area contributed by atoms with Gasteiger partial charge in [-0.3, -0.25) is 4.79 Å². The Kier molecular flexibility index (Phi) is 7.68. The van der Waals surface area contributed by atoms with Gasteiger partial charge in [-0.05, 0) is 74.9 Å². The minimum atomic E-state index is -0.563. The van der Waals surface area contributed by atoms with E-state index >= 15 is 0 Å². The van der Waals surface area contributed by atoms with Crippen LogP contribution in [-0.4, -0.2) is 27.6 Å². The van der Waals surface area contributed by atoms with Gasteiger partial charge in [0, 0.05) is 45.9 Å². The molecule has 0 aliphatic rings. The Balaban J connectivity index is 1.08. The van der Waals surface area contributed by atoms with Gasteiger partial charge in [0.2, 0.25) is 0 Å². The first kappa shape index (κ1) is 28.4. The third-order valence-corrected chi connectivity index (χ3v) is 6.81. The van der Waals surface area contributed by atoms with Crippen LogP contribution < -0.4 is 16.0 Å². The van der Waals surface area contributed by atoms with Crippen molar-refractivity contribution in [3.63, 3.8) is 0 Å². The minimum absolute atomic E-state index is 0.238. The Labute approximate surface area is 254 Å². The molecule has 0 aliphatic carbocycles. The first-order valence-electron chi connectivity index (χ1n) is 14.2. The summed E-state index contributed by atoms with van der Waals surface area (Å²) in [4.78, 5) is 33.6. The van der Waals surface area contributed by atoms with Crippen LogP contribution in [0.2, 0.25) is 0 Å². The molecule has 6 rings (SSSR count). The summed E-state index contributed by atoms with van der Waals surface area (Å²) in [6, 6.07) is 30.3. The van der Waals surface area contributed by atoms with Crippen LogP contribution in [0, 0.1) is 0 Å². The summed E-state index contributed by atoms with van der Waals surface area (Å²) in [5.74, 6) is 0.388. The van der Waals surface area contributed by atoms with Crippen LogP contribution in [0.25, 0.3) is 33.2 Å². The highest BCUT2D eigenvalue weighted by Gasteiger charge is 2.16. The van der Waals surface area contributed by atoms with Gasteiger partial charge in [-0.25, -0.2) is 14.8 Å². The standard InChI is InChI=1S/C35H31N5O4/c1-35(2,3)44-34(42)36-20-22-11-13-23(14-12-22)33(41)40-25-17-15-24(16-18-25)39-31-19-29(37-21-38-31)28-9-6-8-27-26-7-4-5-10-30(26)43-32(27)28/h4-19,21H,20H2,1-3H3,(H,36,42)(H,40,41)(H,37,38,39). The van der Waals surface area contributed by atoms with Crippen LogP contribution in [0.15, 0.2) is 108 Å². The van der Waals surface area contributed by atoms with Crippen molar-refractivity contribution in [1.29, 1.82) is 0 Å². The van der Waals surface area contributed by atoms with E-state index < -0.39 is 11.7 Å². The van der Waals surface area contributed by atoms with Crippen molar-refractivity contribution in [2.45, 2.75) is 32.9 Å². The van der Waals surface area contributed by atoms with Crippen molar-refractivity contribution in [2.24, 2.45) is 0 Å². The second kappa shape index (κ2) is 11.9. The predicted molar refractivity (Wildman–Crippen MR) is 172 cm³/mol. The fourth-order valence-corrected chi connectivity index (χ4v) is 4.77. The molecule has 9 nitrogen and oxygen atoms in total. The number of anilines is 3. The average molecular weight is 586 g/mol. The topological polar surface area (TPSA) is 118 Å². The summed E-state index contributed by atoms with van der Waals surface area (Å²) >= 11 is 0. The zero-order valence-electron chi connectivity index (χ0n) is 24.5. The molecule has 0 unspecified atom stereocenters. The Morgan fingerprint density at radius 1 is 0.818 bits per heavy atom. The number of furan rings is 1. The highest BCUT2D eigenvalue weighted by Crippen LogP contribution is 2.35. The number of hydrogen-bond donors (Lipinski definition) is 3. The van der Waals surface area contributed by atoms with Crippen LogP contribution in [-0.2, 0) is 11.3 Å². The maximum atomic E-state index is 12.8. The summed E-state index contributed by atoms with van der Waals surface area (Å²) in [6.07, 6.45) is 1.03. The van der Waals surface area contributed by atoms with E-state index in [-0.39, 0.29) is 5.91 Å². The van der Waals surface area contributed by atoms with Gasteiger partial charge in [-0.15, -0.1) is 0 Å². The maximum absolute atomic E-state index is 12.8. The first-order chi connectivity index (χ1) is 21.2. The fraction of sp³-hybridized carbons (Fsp3) is 0.143. The van der Waals surface area contributed by atoms with Crippen molar-refractivity contribution in [3.05, 3.63) is 115 Å². The predicted octanol–water partition coefficient (Wildman–Crippen LogP) is 8.06. The largest absolute Gasteiger partial charge is 0.455 e. The normalized spacial score (nSPS) is 11.3. The van der Waals surface area contributed by atoms with E-state index in [9.17, 15) is 9.59 Å². The molecule has 6 aromatic rings. The summed E-state index contributed by atoms with van der Waals surface area (Å²) in [5, 5.41) is 11.0. The lowest BCUT2D eigenvalue weighted by molar-refractivity contribution is 0.0523. The molecule has 0 saturated heterocycles. The molecule has 0 atom stereocenters. The highest BCUT2D eigenvalue weighted by molar-refractivity contribution is 6.09. The number of carbonyl (C=O) groups excluding carboxylic acids is 2. The van der Waals surface area contributed by atoms with Gasteiger partial charge >= 0.3 is 6.09 Å². The molecular formula is C35H31N5O4. The lowest BCUT2D eigenvalue weighted by Gasteiger charge is -2.19. The minimum Gasteiger partial charge on any atom is -0.455 e. The maximum Gasteiger partial charge on any atom is 0.407 e. The number of benzene rings is 4. The quantitative estimate of drug-likeness (QED) is 0.173. The third kappa shape index (κ3) is 6.52. The van der Waals surface area contributed by atoms with Gasteiger partial charge in [0.25, 0.3) is 5.91 Å². The van der Waals surface area contributed by atoms with Crippen LogP contribution in [0.1, 0.15) is 36.7 Å². The molecule has 9 heteroatoms. The number of aromatic nitrogens is 2. The van der Waals surface area contributed by atoms with Crippen molar-refractivity contribution in [1.82, 2.24) is 15.3 Å². The number of para-hydroxylation sites is 2. The fourth-order valence-electron chi connectivity index (χ4n) is 4.77. The van der Waals surface area contributed by atoms with Crippen LogP contribution >= 0.6 is 0 Å². The number of ether oxygens (including phenoxy) is 1. The van der Waals surface area contributed by atoms with Crippen LogP contribution in [0.5, 0.6) is 0 Å². The molecule has 2 amide bonds. The van der Waals surface area contributed by atoms with Gasteiger partial charge in [-0.2, -0.15) is 0 Å². The van der Waals surface area contributed by atoms with E-state index in [1.165, 1.54) is 6.33 Å². The van der Waals surface area contributed by atoms with Crippen molar-refractivity contribution in [3.8, 4) is 11.3 Å². The Hall–Kier alpha value is -5.70. The second-order valence-electron chi connectivity index (χ2n) is 11.3. The Bertz CT molecular complexity index is 1960. The Morgan fingerprint density at radius 3 is 2.32 bits per heavy atom. The number of hydrogen-bond acceptors (Lipinski definition) is 7. The van der Waals surface area contributed by atoms with Crippen LogP contribution in [0.4, 0.5) is 22.0 Å². The SMILES string of the molecule is CC(C)(C)OC(=O)NCc1ccc(C(=O)Nc2ccc(Nc3cc(-c4cccc5c4oc4ccccc45)ncn3)cc2)cc1. The van der Waals surface area contributed by atoms with Crippen molar-refractivity contribution in [2.75, 3.05) is 10.6 Å². The monoisotopic (exact) mass is 585 g/mol. The average Bonchev–Trinajstić information content (AvgIpc) is 3.40. The first-order valence-corrected chi connectivity index (χ1v) is 14.2. The highest BCUT2D eigenvalue weighted by atomic mass is 16.6. The Morgan fingerprint density at radius 2 is 1.55 bits per heavy atom. The van der Waals surface area contributed by atoms with Gasteiger partial charge in [-0.1, -0.05) is 42.5 Å². The number of nitrogens with one attached hydrogen (secondary N) is 3. The van der Waals surface area contributed by atoms with Crippen molar-refractivity contribution < 1.29 is 18.7 Å². The molecule has 0 saturated carbocycles. The zero-order chi connectivity index (χ0) is 30.7. The van der Waals surface area contributed by atoms with E-state index in [0.717, 1.165) is 44.4 Å². The molecule has 44 heavy (non-hydrogen) atoms. The number of fused-ring (bicyclic) bond motifs is 3. The molecule has 0 bridgehead atoms. The lowest BCUT2D eigenvalue weighted by Crippen LogP contribution is -2.32. The van der Waals surface area contributed by atoms with Crippen molar-refractivity contribution >= 4 is 51.1 Å². The number of nitrogens with zero attached hydrogens (tertiary/aromatic N) is 2. The number of rotatable bonds is 7. The van der Waals surface area contributed by atoms with E-state index in [4.69, 9.17) is 9.15 Å². The number of amides is 2. The van der Waals surface area contributed by atoms with E-state index in [2.05, 4.69) is 32.0 Å². The molecule has 0 fully saturated rings.